The molecule has 86 valence electrons. The van der Waals surface area contributed by atoms with Gasteiger partial charge in [0.1, 0.15) is 0 Å². The first-order valence-electron chi connectivity index (χ1n) is 5.86. The van der Waals surface area contributed by atoms with Crippen molar-refractivity contribution in [2.45, 2.75) is 46.1 Å². The fourth-order valence-corrected chi connectivity index (χ4v) is 1.65. The van der Waals surface area contributed by atoms with Gasteiger partial charge >= 0.3 is 0 Å². The lowest BCUT2D eigenvalue weighted by molar-refractivity contribution is 0.513. The van der Waals surface area contributed by atoms with Crippen LogP contribution in [0.25, 0.3) is 0 Å². The fourth-order valence-electron chi connectivity index (χ4n) is 1.65. The molecule has 0 radical (unpaired) electrons. The maximum absolute atomic E-state index is 4.25. The van der Waals surface area contributed by atoms with E-state index in [1.54, 1.807) is 0 Å². The monoisotopic (exact) mass is 209 g/mol. The molecule has 1 aromatic heterocycles. The predicted octanol–water partition coefficient (Wildman–Crippen LogP) is 2.05. The van der Waals surface area contributed by atoms with E-state index in [2.05, 4.69) is 31.2 Å². The second-order valence-corrected chi connectivity index (χ2v) is 4.27. The van der Waals surface area contributed by atoms with Crippen LogP contribution in [0.2, 0.25) is 0 Å². The molecule has 15 heavy (non-hydrogen) atoms. The van der Waals surface area contributed by atoms with Gasteiger partial charge in [-0.25, -0.2) is 0 Å². The summed E-state index contributed by atoms with van der Waals surface area (Å²) in [6.45, 7) is 7.70. The smallest absolute Gasteiger partial charge is 0.0524 e. The second kappa shape index (κ2) is 5.91. The van der Waals surface area contributed by atoms with Crippen molar-refractivity contribution in [3.05, 3.63) is 17.5 Å². The summed E-state index contributed by atoms with van der Waals surface area (Å²) < 4.78 is 1.94. The highest BCUT2D eigenvalue weighted by atomic mass is 15.3. The third-order valence-electron chi connectivity index (χ3n) is 2.93. The molecule has 3 nitrogen and oxygen atoms in total. The van der Waals surface area contributed by atoms with Crippen molar-refractivity contribution < 1.29 is 0 Å². The van der Waals surface area contributed by atoms with Gasteiger partial charge in [0.15, 0.2) is 0 Å². The number of nitrogens with one attached hydrogen (secondary N) is 1. The molecule has 0 aliphatic heterocycles. The Hall–Kier alpha value is -0.830. The summed E-state index contributed by atoms with van der Waals surface area (Å²) in [5.74, 6) is 0. The molecule has 0 amide bonds. The van der Waals surface area contributed by atoms with Crippen molar-refractivity contribution in [1.82, 2.24) is 15.1 Å². The van der Waals surface area contributed by atoms with E-state index in [1.165, 1.54) is 24.1 Å². The Kier molecular flexibility index (Phi) is 4.82. The van der Waals surface area contributed by atoms with Gasteiger partial charge in [0.05, 0.1) is 6.20 Å². The average Bonchev–Trinajstić information content (AvgIpc) is 2.54. The highest BCUT2D eigenvalue weighted by Gasteiger charge is 2.06. The standard InChI is InChI=1S/C12H23N3/c1-5-8-13-10(2)6-7-12-9-14-15(4)11(12)3/h9-10,13H,5-8H2,1-4H3. The van der Waals surface area contributed by atoms with Crippen molar-refractivity contribution in [3.63, 3.8) is 0 Å². The normalized spacial score (nSPS) is 13.1. The first-order chi connectivity index (χ1) is 7.15. The summed E-state index contributed by atoms with van der Waals surface area (Å²) in [5, 5.41) is 7.75. The number of hydrogen-bond donors (Lipinski definition) is 1. The number of nitrogens with zero attached hydrogens (tertiary/aromatic N) is 2. The summed E-state index contributed by atoms with van der Waals surface area (Å²) >= 11 is 0. The molecule has 1 atom stereocenters. The van der Waals surface area contributed by atoms with E-state index >= 15 is 0 Å². The zero-order valence-corrected chi connectivity index (χ0v) is 10.4. The van der Waals surface area contributed by atoms with E-state index in [9.17, 15) is 0 Å². The maximum atomic E-state index is 4.25. The molecule has 1 heterocycles. The highest BCUT2D eigenvalue weighted by Crippen LogP contribution is 2.09. The molecule has 1 aromatic rings. The van der Waals surface area contributed by atoms with Crippen LogP contribution in [0.15, 0.2) is 6.20 Å². The van der Waals surface area contributed by atoms with Gasteiger partial charge in [-0.3, -0.25) is 4.68 Å². The zero-order chi connectivity index (χ0) is 11.3. The molecule has 0 fully saturated rings. The summed E-state index contributed by atoms with van der Waals surface area (Å²) in [4.78, 5) is 0. The first kappa shape index (κ1) is 12.2. The number of aryl methyl sites for hydroxylation is 2. The van der Waals surface area contributed by atoms with Gasteiger partial charge in [-0.2, -0.15) is 5.10 Å². The Balaban J connectivity index is 2.33. The molecule has 0 spiro atoms. The number of hydrogen-bond acceptors (Lipinski definition) is 2. The van der Waals surface area contributed by atoms with E-state index in [-0.39, 0.29) is 0 Å². The van der Waals surface area contributed by atoms with Crippen LogP contribution in [0, 0.1) is 6.92 Å². The van der Waals surface area contributed by atoms with Crippen molar-refractivity contribution in [2.75, 3.05) is 6.54 Å². The van der Waals surface area contributed by atoms with Crippen molar-refractivity contribution in [3.8, 4) is 0 Å². The Morgan fingerprint density at radius 2 is 2.27 bits per heavy atom. The Morgan fingerprint density at radius 1 is 1.53 bits per heavy atom. The molecular weight excluding hydrogens is 186 g/mol. The summed E-state index contributed by atoms with van der Waals surface area (Å²) in [7, 11) is 2.00. The molecule has 0 bridgehead atoms. The number of rotatable bonds is 6. The third kappa shape index (κ3) is 3.67. The SMILES string of the molecule is CCCNC(C)CCc1cnn(C)c1C. The van der Waals surface area contributed by atoms with Crippen LogP contribution in [-0.2, 0) is 13.5 Å². The third-order valence-corrected chi connectivity index (χ3v) is 2.93. The highest BCUT2D eigenvalue weighted by molar-refractivity contribution is 5.15. The fraction of sp³-hybridized carbons (Fsp3) is 0.750. The Labute approximate surface area is 92.9 Å². The minimum atomic E-state index is 0.601. The van der Waals surface area contributed by atoms with E-state index in [4.69, 9.17) is 0 Å². The molecule has 3 heteroatoms. The Morgan fingerprint density at radius 3 is 2.80 bits per heavy atom. The van der Waals surface area contributed by atoms with Crippen LogP contribution in [0.1, 0.15) is 37.9 Å². The molecule has 0 saturated carbocycles. The van der Waals surface area contributed by atoms with Crippen LogP contribution in [0.4, 0.5) is 0 Å². The summed E-state index contributed by atoms with van der Waals surface area (Å²) in [6, 6.07) is 0.601. The zero-order valence-electron chi connectivity index (χ0n) is 10.4. The molecule has 0 aromatic carbocycles. The lowest BCUT2D eigenvalue weighted by Gasteiger charge is -2.12. The molecule has 0 aliphatic carbocycles. The molecule has 0 saturated heterocycles. The second-order valence-electron chi connectivity index (χ2n) is 4.27. The van der Waals surface area contributed by atoms with E-state index in [1.807, 2.05) is 17.9 Å². The molecular formula is C12H23N3. The Bertz CT molecular complexity index is 291. The molecule has 1 N–H and O–H groups in total. The van der Waals surface area contributed by atoms with Crippen LogP contribution < -0.4 is 5.32 Å². The van der Waals surface area contributed by atoms with Gasteiger partial charge in [-0.05, 0) is 45.2 Å². The summed E-state index contributed by atoms with van der Waals surface area (Å²) in [6.07, 6.45) is 5.50. The van der Waals surface area contributed by atoms with Crippen LogP contribution in [-0.4, -0.2) is 22.4 Å². The molecule has 0 aliphatic rings. The van der Waals surface area contributed by atoms with E-state index in [0.717, 1.165) is 13.0 Å². The quantitative estimate of drug-likeness (QED) is 0.777. The molecule has 1 rings (SSSR count). The van der Waals surface area contributed by atoms with Crippen molar-refractivity contribution in [1.29, 1.82) is 0 Å². The van der Waals surface area contributed by atoms with Crippen molar-refractivity contribution in [2.24, 2.45) is 7.05 Å². The minimum absolute atomic E-state index is 0.601. The van der Waals surface area contributed by atoms with Crippen LogP contribution in [0.3, 0.4) is 0 Å². The minimum Gasteiger partial charge on any atom is -0.314 e. The lowest BCUT2D eigenvalue weighted by Crippen LogP contribution is -2.27. The topological polar surface area (TPSA) is 29.9 Å². The first-order valence-corrected chi connectivity index (χ1v) is 5.86. The van der Waals surface area contributed by atoms with Crippen LogP contribution in [0.5, 0.6) is 0 Å². The predicted molar refractivity (Wildman–Crippen MR) is 64.0 cm³/mol. The molecule has 1 unspecified atom stereocenters. The largest absolute Gasteiger partial charge is 0.314 e. The average molecular weight is 209 g/mol. The van der Waals surface area contributed by atoms with Crippen LogP contribution >= 0.6 is 0 Å². The van der Waals surface area contributed by atoms with Gasteiger partial charge < -0.3 is 5.32 Å². The van der Waals surface area contributed by atoms with Gasteiger partial charge in [0, 0.05) is 18.8 Å². The van der Waals surface area contributed by atoms with E-state index < -0.39 is 0 Å². The van der Waals surface area contributed by atoms with E-state index in [0.29, 0.717) is 6.04 Å². The van der Waals surface area contributed by atoms with Gasteiger partial charge in [-0.1, -0.05) is 6.92 Å². The maximum Gasteiger partial charge on any atom is 0.0524 e. The number of aromatic nitrogens is 2. The van der Waals surface area contributed by atoms with Crippen molar-refractivity contribution >= 4 is 0 Å². The van der Waals surface area contributed by atoms with Gasteiger partial charge in [0.25, 0.3) is 0 Å². The lowest BCUT2D eigenvalue weighted by atomic mass is 10.1. The summed E-state index contributed by atoms with van der Waals surface area (Å²) in [5.41, 5.74) is 2.67. The van der Waals surface area contributed by atoms with Gasteiger partial charge in [-0.15, -0.1) is 0 Å². The van der Waals surface area contributed by atoms with Gasteiger partial charge in [0.2, 0.25) is 0 Å².